The fraction of sp³-hybridized carbons (Fsp3) is 0.250. The van der Waals surface area contributed by atoms with Gasteiger partial charge in [-0.3, -0.25) is 4.68 Å². The van der Waals surface area contributed by atoms with Gasteiger partial charge in [-0.25, -0.2) is 4.79 Å². The smallest absolute Gasteiger partial charge is 0.323 e. The normalized spacial score (nSPS) is 10.9. The molecule has 2 N–H and O–H groups in total. The number of aryl methyl sites for hydroxylation is 1. The maximum absolute atomic E-state index is 12.1. The number of fused-ring (bicyclic) bond motifs is 1. The molecule has 0 atom stereocenters. The number of nitrogens with one attached hydrogen (secondary N) is 2. The number of aromatic nitrogens is 2. The summed E-state index contributed by atoms with van der Waals surface area (Å²) in [6, 6.07) is 5.19. The summed E-state index contributed by atoms with van der Waals surface area (Å²) in [4.78, 5) is 12.1. The molecule has 0 unspecified atom stereocenters. The SMILES string of the molecule is COCCn1cc(NC(=O)Nc2ccc3occ(C)c3c2)cn1. The molecule has 7 nitrogen and oxygen atoms in total. The van der Waals surface area contributed by atoms with E-state index < -0.39 is 0 Å². The van der Waals surface area contributed by atoms with Gasteiger partial charge in [0.1, 0.15) is 5.58 Å². The predicted molar refractivity (Wildman–Crippen MR) is 87.7 cm³/mol. The van der Waals surface area contributed by atoms with E-state index in [1.165, 1.54) is 0 Å². The zero-order chi connectivity index (χ0) is 16.2. The van der Waals surface area contributed by atoms with E-state index in [9.17, 15) is 4.79 Å². The van der Waals surface area contributed by atoms with Crippen molar-refractivity contribution in [1.29, 1.82) is 0 Å². The van der Waals surface area contributed by atoms with Gasteiger partial charge >= 0.3 is 6.03 Å². The molecule has 0 radical (unpaired) electrons. The number of rotatable bonds is 5. The molecular weight excluding hydrogens is 296 g/mol. The number of methoxy groups -OCH3 is 1. The van der Waals surface area contributed by atoms with Gasteiger partial charge in [0.25, 0.3) is 0 Å². The molecule has 0 aliphatic heterocycles. The van der Waals surface area contributed by atoms with Crippen molar-refractivity contribution in [1.82, 2.24) is 9.78 Å². The van der Waals surface area contributed by atoms with E-state index in [-0.39, 0.29) is 6.03 Å². The highest BCUT2D eigenvalue weighted by Crippen LogP contribution is 2.24. The third-order valence-corrected chi connectivity index (χ3v) is 3.44. The highest BCUT2D eigenvalue weighted by Gasteiger charge is 2.07. The zero-order valence-electron chi connectivity index (χ0n) is 13.0. The van der Waals surface area contributed by atoms with Gasteiger partial charge in [0.15, 0.2) is 0 Å². The largest absolute Gasteiger partial charge is 0.464 e. The average molecular weight is 314 g/mol. The van der Waals surface area contributed by atoms with E-state index in [1.807, 2.05) is 19.1 Å². The summed E-state index contributed by atoms with van der Waals surface area (Å²) in [5.74, 6) is 0. The molecule has 0 saturated carbocycles. The van der Waals surface area contributed by atoms with Crippen LogP contribution in [-0.2, 0) is 11.3 Å². The van der Waals surface area contributed by atoms with E-state index in [4.69, 9.17) is 9.15 Å². The Balaban J connectivity index is 1.63. The van der Waals surface area contributed by atoms with Gasteiger partial charge in [0.05, 0.1) is 31.3 Å². The number of ether oxygens (including phenoxy) is 1. The van der Waals surface area contributed by atoms with Crippen LogP contribution in [0.1, 0.15) is 5.56 Å². The molecule has 2 amide bonds. The fourth-order valence-corrected chi connectivity index (χ4v) is 2.26. The molecule has 2 heterocycles. The van der Waals surface area contributed by atoms with E-state index >= 15 is 0 Å². The molecule has 0 saturated heterocycles. The van der Waals surface area contributed by atoms with Crippen LogP contribution in [0.2, 0.25) is 0 Å². The molecule has 1 aromatic carbocycles. The Morgan fingerprint density at radius 3 is 3.00 bits per heavy atom. The number of furan rings is 1. The maximum atomic E-state index is 12.1. The first-order valence-corrected chi connectivity index (χ1v) is 7.23. The predicted octanol–water partition coefficient (Wildman–Crippen LogP) is 3.23. The van der Waals surface area contributed by atoms with Crippen molar-refractivity contribution in [3.05, 3.63) is 42.4 Å². The van der Waals surface area contributed by atoms with E-state index in [0.717, 1.165) is 16.5 Å². The lowest BCUT2D eigenvalue weighted by molar-refractivity contribution is 0.183. The number of benzene rings is 1. The second-order valence-corrected chi connectivity index (χ2v) is 5.19. The molecule has 7 heteroatoms. The lowest BCUT2D eigenvalue weighted by Crippen LogP contribution is -2.19. The topological polar surface area (TPSA) is 81.3 Å². The summed E-state index contributed by atoms with van der Waals surface area (Å²) in [5.41, 5.74) is 3.15. The number of anilines is 2. The third kappa shape index (κ3) is 3.51. The molecular formula is C16H18N4O3. The summed E-state index contributed by atoms with van der Waals surface area (Å²) < 4.78 is 12.1. The minimum atomic E-state index is -0.322. The van der Waals surface area contributed by atoms with Crippen molar-refractivity contribution >= 4 is 28.4 Å². The summed E-state index contributed by atoms with van der Waals surface area (Å²) >= 11 is 0. The second-order valence-electron chi connectivity index (χ2n) is 5.19. The number of hydrogen-bond acceptors (Lipinski definition) is 4. The van der Waals surface area contributed by atoms with Gasteiger partial charge in [-0.15, -0.1) is 0 Å². The summed E-state index contributed by atoms with van der Waals surface area (Å²) in [5, 5.41) is 10.7. The van der Waals surface area contributed by atoms with Gasteiger partial charge in [-0.2, -0.15) is 5.10 Å². The summed E-state index contributed by atoms with van der Waals surface area (Å²) in [6.07, 6.45) is 5.05. The fourth-order valence-electron chi connectivity index (χ4n) is 2.26. The standard InChI is InChI=1S/C16H18N4O3/c1-11-10-23-15-4-3-12(7-14(11)15)18-16(21)19-13-8-17-20(9-13)5-6-22-2/h3-4,7-10H,5-6H2,1-2H3,(H2,18,19,21). The highest BCUT2D eigenvalue weighted by molar-refractivity contribution is 6.00. The molecule has 120 valence electrons. The van der Waals surface area contributed by atoms with Crippen molar-refractivity contribution in [3.63, 3.8) is 0 Å². The summed E-state index contributed by atoms with van der Waals surface area (Å²) in [7, 11) is 1.63. The average Bonchev–Trinajstić information content (AvgIpc) is 3.12. The molecule has 0 bridgehead atoms. The monoisotopic (exact) mass is 314 g/mol. The maximum Gasteiger partial charge on any atom is 0.323 e. The van der Waals surface area contributed by atoms with Crippen LogP contribution in [0, 0.1) is 6.92 Å². The van der Waals surface area contributed by atoms with Gasteiger partial charge in [0, 0.05) is 24.4 Å². The van der Waals surface area contributed by atoms with E-state index in [0.29, 0.717) is 24.5 Å². The Hall–Kier alpha value is -2.80. The number of carbonyl (C=O) groups is 1. The van der Waals surface area contributed by atoms with Gasteiger partial charge in [0.2, 0.25) is 0 Å². The molecule has 0 spiro atoms. The minimum absolute atomic E-state index is 0.322. The Labute approximate surface area is 133 Å². The number of amides is 2. The first-order chi connectivity index (χ1) is 11.2. The van der Waals surface area contributed by atoms with Gasteiger partial charge < -0.3 is 19.8 Å². The molecule has 0 fully saturated rings. The van der Waals surface area contributed by atoms with E-state index in [2.05, 4.69) is 15.7 Å². The second kappa shape index (κ2) is 6.53. The number of hydrogen-bond donors (Lipinski definition) is 2. The van der Waals surface area contributed by atoms with Crippen LogP contribution in [0.4, 0.5) is 16.2 Å². The lowest BCUT2D eigenvalue weighted by Gasteiger charge is -2.06. The van der Waals surface area contributed by atoms with Crippen molar-refractivity contribution in [2.45, 2.75) is 13.5 Å². The Bertz CT molecular complexity index is 822. The Morgan fingerprint density at radius 1 is 1.35 bits per heavy atom. The molecule has 0 aliphatic carbocycles. The van der Waals surface area contributed by atoms with Crippen LogP contribution >= 0.6 is 0 Å². The van der Waals surface area contributed by atoms with Crippen LogP contribution in [0.25, 0.3) is 11.0 Å². The first kappa shape index (κ1) is 15.1. The van der Waals surface area contributed by atoms with E-state index in [1.54, 1.807) is 36.5 Å². The van der Waals surface area contributed by atoms with Crippen molar-refractivity contribution in [3.8, 4) is 0 Å². The Kier molecular flexibility index (Phi) is 4.29. The van der Waals surface area contributed by atoms with Crippen molar-refractivity contribution in [2.75, 3.05) is 24.4 Å². The number of urea groups is 1. The van der Waals surface area contributed by atoms with Crippen molar-refractivity contribution < 1.29 is 13.9 Å². The van der Waals surface area contributed by atoms with Gasteiger partial charge in [-0.05, 0) is 30.7 Å². The van der Waals surface area contributed by atoms with Gasteiger partial charge in [-0.1, -0.05) is 0 Å². The molecule has 3 rings (SSSR count). The lowest BCUT2D eigenvalue weighted by atomic mass is 10.2. The quantitative estimate of drug-likeness (QED) is 0.757. The molecule has 3 aromatic rings. The zero-order valence-corrected chi connectivity index (χ0v) is 13.0. The van der Waals surface area contributed by atoms with Crippen LogP contribution in [0.3, 0.4) is 0 Å². The van der Waals surface area contributed by atoms with Crippen LogP contribution in [-0.4, -0.2) is 29.5 Å². The number of carbonyl (C=O) groups excluding carboxylic acids is 1. The third-order valence-electron chi connectivity index (χ3n) is 3.44. The van der Waals surface area contributed by atoms with Crippen molar-refractivity contribution in [2.24, 2.45) is 0 Å². The highest BCUT2D eigenvalue weighted by atomic mass is 16.5. The minimum Gasteiger partial charge on any atom is -0.464 e. The Morgan fingerprint density at radius 2 is 2.17 bits per heavy atom. The first-order valence-electron chi connectivity index (χ1n) is 7.23. The molecule has 0 aliphatic rings. The number of nitrogens with zero attached hydrogens (tertiary/aromatic N) is 2. The molecule has 2 aromatic heterocycles. The van der Waals surface area contributed by atoms with Crippen LogP contribution in [0.5, 0.6) is 0 Å². The van der Waals surface area contributed by atoms with Crippen LogP contribution in [0.15, 0.2) is 41.3 Å². The molecule has 23 heavy (non-hydrogen) atoms. The van der Waals surface area contributed by atoms with Crippen LogP contribution < -0.4 is 10.6 Å². The summed E-state index contributed by atoms with van der Waals surface area (Å²) in [6.45, 7) is 3.16.